The van der Waals surface area contributed by atoms with E-state index < -0.39 is 0 Å². The van der Waals surface area contributed by atoms with Crippen molar-refractivity contribution in [3.05, 3.63) is 45.3 Å². The molecule has 1 aliphatic heterocycles. The molecule has 2 N–H and O–H groups in total. The van der Waals surface area contributed by atoms with Gasteiger partial charge in [0, 0.05) is 49.2 Å². The van der Waals surface area contributed by atoms with Gasteiger partial charge in [0.2, 0.25) is 5.95 Å². The molecule has 186 valence electrons. The molecule has 4 aromatic rings. The molecule has 0 amide bonds. The van der Waals surface area contributed by atoms with E-state index in [1.54, 1.807) is 22.1 Å². The first-order chi connectivity index (χ1) is 17.5. The van der Waals surface area contributed by atoms with Gasteiger partial charge in [-0.05, 0) is 43.7 Å². The van der Waals surface area contributed by atoms with Crippen LogP contribution >= 0.6 is 11.3 Å². The van der Waals surface area contributed by atoms with Gasteiger partial charge in [0.15, 0.2) is 11.6 Å². The maximum absolute atomic E-state index is 13.5. The van der Waals surface area contributed by atoms with Gasteiger partial charge in [-0.2, -0.15) is 4.98 Å². The number of fused-ring (bicyclic) bond motifs is 2. The molecule has 2 fully saturated rings. The quantitative estimate of drug-likeness (QED) is 0.391. The van der Waals surface area contributed by atoms with E-state index >= 15 is 0 Å². The second-order valence-corrected chi connectivity index (χ2v) is 10.5. The number of hydrogen-bond acceptors (Lipinski definition) is 9. The summed E-state index contributed by atoms with van der Waals surface area (Å²) in [6.07, 6.45) is 7.59. The average Bonchev–Trinajstić information content (AvgIpc) is 3.58. The normalized spacial score (nSPS) is 16.8. The van der Waals surface area contributed by atoms with E-state index in [9.17, 15) is 9.59 Å². The Labute approximate surface area is 212 Å². The summed E-state index contributed by atoms with van der Waals surface area (Å²) in [6.45, 7) is 7.09. The smallest absolute Gasteiger partial charge is 0.263 e. The van der Waals surface area contributed by atoms with Gasteiger partial charge in [-0.15, -0.1) is 11.3 Å². The maximum atomic E-state index is 13.5. The lowest BCUT2D eigenvalue weighted by Gasteiger charge is -2.29. The Morgan fingerprint density at radius 3 is 2.67 bits per heavy atom. The van der Waals surface area contributed by atoms with E-state index in [-0.39, 0.29) is 22.9 Å². The summed E-state index contributed by atoms with van der Waals surface area (Å²) >= 11 is 1.63. The first kappa shape index (κ1) is 23.1. The van der Waals surface area contributed by atoms with E-state index in [1.165, 1.54) is 6.92 Å². The van der Waals surface area contributed by atoms with Crippen molar-refractivity contribution in [1.82, 2.24) is 24.8 Å². The highest BCUT2D eigenvalue weighted by Gasteiger charge is 2.26. The van der Waals surface area contributed by atoms with Crippen molar-refractivity contribution in [2.45, 2.75) is 45.6 Å². The van der Waals surface area contributed by atoms with E-state index in [4.69, 9.17) is 9.97 Å². The van der Waals surface area contributed by atoms with Crippen molar-refractivity contribution in [2.75, 3.05) is 36.4 Å². The number of Topliss-reactive ketones (excluding diaryl/α,β-unsaturated/α-hetero) is 1. The molecule has 1 aliphatic carbocycles. The Hall–Kier alpha value is -3.37. The molecule has 10 heteroatoms. The summed E-state index contributed by atoms with van der Waals surface area (Å²) in [5.74, 6) is 0.869. The van der Waals surface area contributed by atoms with Crippen LogP contribution in [0, 0.1) is 6.92 Å². The summed E-state index contributed by atoms with van der Waals surface area (Å²) < 4.78 is 2.78. The van der Waals surface area contributed by atoms with Gasteiger partial charge in [0.1, 0.15) is 5.65 Å². The zero-order valence-corrected chi connectivity index (χ0v) is 21.3. The number of hydrogen-bond donors (Lipinski definition) is 2. The standard InChI is InChI=1S/C26H29N7O2S/c1-15-19-13-29-26(31-24(19)33(17-5-3-4-6-17)25(35)21(15)16(2)34)30-23-22-18(7-12-36-22)20(14-28-23)32-10-8-27-9-11-32/h7,12-14,17,27H,3-6,8-11H2,1-2H3,(H,28,29,30,31). The zero-order valence-electron chi connectivity index (χ0n) is 20.5. The van der Waals surface area contributed by atoms with Gasteiger partial charge >= 0.3 is 0 Å². The minimum absolute atomic E-state index is 0.0434. The Kier molecular flexibility index (Phi) is 5.93. The van der Waals surface area contributed by atoms with Crippen molar-refractivity contribution >= 4 is 55.7 Å². The monoisotopic (exact) mass is 503 g/mol. The van der Waals surface area contributed by atoms with Gasteiger partial charge < -0.3 is 15.5 Å². The van der Waals surface area contributed by atoms with Crippen LogP contribution in [-0.4, -0.2) is 51.5 Å². The number of thiophene rings is 1. The number of nitrogens with zero attached hydrogens (tertiary/aromatic N) is 5. The van der Waals surface area contributed by atoms with Crippen LogP contribution in [0.3, 0.4) is 0 Å². The third kappa shape index (κ3) is 3.84. The van der Waals surface area contributed by atoms with Crippen LogP contribution in [0.2, 0.25) is 0 Å². The molecule has 0 radical (unpaired) electrons. The molecular weight excluding hydrogens is 474 g/mol. The first-order valence-electron chi connectivity index (χ1n) is 12.5. The zero-order chi connectivity index (χ0) is 24.8. The molecule has 5 heterocycles. The predicted molar refractivity (Wildman–Crippen MR) is 144 cm³/mol. The number of pyridine rings is 2. The summed E-state index contributed by atoms with van der Waals surface area (Å²) in [5, 5.41) is 10.7. The van der Waals surface area contributed by atoms with Gasteiger partial charge in [-0.3, -0.25) is 14.2 Å². The second-order valence-electron chi connectivity index (χ2n) is 9.62. The molecule has 9 nitrogen and oxygen atoms in total. The molecule has 1 saturated carbocycles. The fraction of sp³-hybridized carbons (Fsp3) is 0.423. The third-order valence-electron chi connectivity index (χ3n) is 7.41. The van der Waals surface area contributed by atoms with E-state index in [2.05, 4.69) is 32.0 Å². The molecule has 1 saturated heterocycles. The van der Waals surface area contributed by atoms with Crippen LogP contribution in [0.5, 0.6) is 0 Å². The fourth-order valence-electron chi connectivity index (χ4n) is 5.61. The molecule has 0 unspecified atom stereocenters. The topological polar surface area (TPSA) is 105 Å². The highest BCUT2D eigenvalue weighted by Crippen LogP contribution is 2.36. The van der Waals surface area contributed by atoms with Gasteiger partial charge in [-0.1, -0.05) is 12.8 Å². The van der Waals surface area contributed by atoms with Crippen molar-refractivity contribution < 1.29 is 4.79 Å². The van der Waals surface area contributed by atoms with Crippen molar-refractivity contribution in [3.8, 4) is 0 Å². The highest BCUT2D eigenvalue weighted by molar-refractivity contribution is 7.17. The van der Waals surface area contributed by atoms with Crippen molar-refractivity contribution in [3.63, 3.8) is 0 Å². The number of rotatable bonds is 5. The molecule has 0 aromatic carbocycles. The number of nitrogens with one attached hydrogen (secondary N) is 2. The fourth-order valence-corrected chi connectivity index (χ4v) is 6.46. The minimum atomic E-state index is -0.247. The van der Waals surface area contributed by atoms with Crippen LogP contribution in [0.15, 0.2) is 28.6 Å². The number of carbonyl (C=O) groups excluding carboxylic acids is 1. The summed E-state index contributed by atoms with van der Waals surface area (Å²) in [5.41, 5.74) is 2.35. The maximum Gasteiger partial charge on any atom is 0.263 e. The summed E-state index contributed by atoms with van der Waals surface area (Å²) in [4.78, 5) is 42.3. The SMILES string of the molecule is CC(=O)c1c(C)c2cnc(Nc3ncc(N4CCNCC4)c4ccsc34)nc2n(C2CCCC2)c1=O. The number of piperazine rings is 1. The Balaban J connectivity index is 1.44. The van der Waals surface area contributed by atoms with Gasteiger partial charge in [-0.25, -0.2) is 9.97 Å². The molecule has 2 aliphatic rings. The molecule has 0 bridgehead atoms. The predicted octanol–water partition coefficient (Wildman–Crippen LogP) is 4.18. The largest absolute Gasteiger partial charge is 0.367 e. The molecule has 6 rings (SSSR count). The Bertz CT molecular complexity index is 1530. The lowest BCUT2D eigenvalue weighted by molar-refractivity contribution is 0.101. The van der Waals surface area contributed by atoms with Crippen LogP contribution in [0.25, 0.3) is 21.1 Å². The number of aromatic nitrogens is 4. The summed E-state index contributed by atoms with van der Waals surface area (Å²) in [6, 6.07) is 2.18. The first-order valence-corrected chi connectivity index (χ1v) is 13.4. The number of aryl methyl sites for hydroxylation is 1. The van der Waals surface area contributed by atoms with Crippen LogP contribution in [0.1, 0.15) is 54.6 Å². The van der Waals surface area contributed by atoms with E-state index in [0.29, 0.717) is 23.0 Å². The van der Waals surface area contributed by atoms with Gasteiger partial charge in [0.05, 0.1) is 22.1 Å². The molecular formula is C26H29N7O2S. The number of ketones is 1. The molecule has 0 spiro atoms. The number of carbonyl (C=O) groups is 1. The van der Waals surface area contributed by atoms with E-state index in [1.807, 2.05) is 13.1 Å². The van der Waals surface area contributed by atoms with Gasteiger partial charge in [0.25, 0.3) is 5.56 Å². The lowest BCUT2D eigenvalue weighted by Crippen LogP contribution is -2.43. The molecule has 4 aromatic heterocycles. The Morgan fingerprint density at radius 2 is 1.92 bits per heavy atom. The van der Waals surface area contributed by atoms with Crippen molar-refractivity contribution in [1.29, 1.82) is 0 Å². The van der Waals surface area contributed by atoms with Crippen LogP contribution < -0.4 is 21.1 Å². The lowest BCUT2D eigenvalue weighted by atomic mass is 10.0. The second kappa shape index (κ2) is 9.25. The summed E-state index contributed by atoms with van der Waals surface area (Å²) in [7, 11) is 0. The Morgan fingerprint density at radius 1 is 1.14 bits per heavy atom. The third-order valence-corrected chi connectivity index (χ3v) is 8.33. The minimum Gasteiger partial charge on any atom is -0.367 e. The molecule has 36 heavy (non-hydrogen) atoms. The van der Waals surface area contributed by atoms with E-state index in [0.717, 1.165) is 73.0 Å². The van der Waals surface area contributed by atoms with Crippen LogP contribution in [0.4, 0.5) is 17.5 Å². The highest BCUT2D eigenvalue weighted by atomic mass is 32.1. The number of anilines is 3. The van der Waals surface area contributed by atoms with Crippen molar-refractivity contribution in [2.24, 2.45) is 0 Å². The van der Waals surface area contributed by atoms with Crippen LogP contribution in [-0.2, 0) is 0 Å². The average molecular weight is 504 g/mol. The molecule has 0 atom stereocenters.